The molecule has 1 amide bonds. The number of primary amides is 1. The van der Waals surface area contributed by atoms with E-state index in [2.05, 4.69) is 24.3 Å². The minimum Gasteiger partial charge on any atom is -0.370 e. The maximum atomic E-state index is 10.9. The molecule has 0 fully saturated rings. The van der Waals surface area contributed by atoms with E-state index in [1.165, 1.54) is 16.7 Å². The normalized spacial score (nSPS) is 19.4. The number of halogens is 1. The highest BCUT2D eigenvalue weighted by atomic mass is 35.5. The van der Waals surface area contributed by atoms with Crippen LogP contribution in [0.4, 0.5) is 0 Å². The number of amides is 1. The fourth-order valence-corrected chi connectivity index (χ4v) is 3.97. The van der Waals surface area contributed by atoms with Crippen LogP contribution in [0.5, 0.6) is 0 Å². The minimum atomic E-state index is -0.239. The van der Waals surface area contributed by atoms with Crippen LogP contribution >= 0.6 is 11.6 Å². The van der Waals surface area contributed by atoms with Crippen LogP contribution in [-0.4, -0.2) is 11.9 Å². The molecule has 3 rings (SSSR count). The number of hydrogen-bond donors (Lipinski definition) is 2. The molecule has 2 aromatic rings. The van der Waals surface area contributed by atoms with Gasteiger partial charge in [-0.15, -0.1) is 0 Å². The minimum absolute atomic E-state index is 0.143. The van der Waals surface area contributed by atoms with Crippen molar-refractivity contribution >= 4 is 17.5 Å². The molecule has 0 spiro atoms. The molecule has 0 aliphatic heterocycles. The van der Waals surface area contributed by atoms with E-state index in [9.17, 15) is 4.79 Å². The van der Waals surface area contributed by atoms with Gasteiger partial charge in [0, 0.05) is 23.4 Å². The van der Waals surface area contributed by atoms with Crippen molar-refractivity contribution in [1.82, 2.24) is 0 Å². The molecule has 0 radical (unpaired) electrons. The molecule has 0 bridgehead atoms. The monoisotopic (exact) mass is 356 g/mol. The Morgan fingerprint density at radius 2 is 2.00 bits per heavy atom. The first-order valence-corrected chi connectivity index (χ1v) is 9.31. The summed E-state index contributed by atoms with van der Waals surface area (Å²) in [5, 5.41) is 0.805. The number of rotatable bonds is 6. The van der Waals surface area contributed by atoms with Gasteiger partial charge in [-0.2, -0.15) is 0 Å². The number of nitrogens with two attached hydrogens (primary N) is 2. The zero-order chi connectivity index (χ0) is 17.8. The van der Waals surface area contributed by atoms with Gasteiger partial charge in [-0.3, -0.25) is 4.79 Å². The van der Waals surface area contributed by atoms with Crippen molar-refractivity contribution in [3.05, 3.63) is 69.7 Å². The van der Waals surface area contributed by atoms with Gasteiger partial charge in [-0.05, 0) is 60.4 Å². The second kappa shape index (κ2) is 8.03. The molecule has 1 aliphatic rings. The molecule has 3 nitrogen and oxygen atoms in total. The quantitative estimate of drug-likeness (QED) is 0.827. The molecule has 4 N–H and O–H groups in total. The van der Waals surface area contributed by atoms with E-state index in [1.54, 1.807) is 0 Å². The topological polar surface area (TPSA) is 69.1 Å². The van der Waals surface area contributed by atoms with Crippen LogP contribution in [0.3, 0.4) is 0 Å². The smallest absolute Gasteiger partial charge is 0.217 e. The summed E-state index contributed by atoms with van der Waals surface area (Å²) < 4.78 is 0. The zero-order valence-electron chi connectivity index (χ0n) is 14.4. The molecule has 25 heavy (non-hydrogen) atoms. The Morgan fingerprint density at radius 1 is 1.20 bits per heavy atom. The highest BCUT2D eigenvalue weighted by Crippen LogP contribution is 2.35. The molecule has 0 heterocycles. The predicted octanol–water partition coefficient (Wildman–Crippen LogP) is 3.75. The molecule has 2 unspecified atom stereocenters. The summed E-state index contributed by atoms with van der Waals surface area (Å²) in [5.74, 6) is 0.0383. The van der Waals surface area contributed by atoms with Crippen LogP contribution in [0, 0.1) is 0 Å². The van der Waals surface area contributed by atoms with Crippen LogP contribution in [-0.2, 0) is 24.1 Å². The van der Waals surface area contributed by atoms with E-state index in [0.29, 0.717) is 6.42 Å². The summed E-state index contributed by atoms with van der Waals surface area (Å²) in [6.45, 7) is 0. The van der Waals surface area contributed by atoms with Gasteiger partial charge in [0.1, 0.15) is 0 Å². The molecule has 2 aromatic carbocycles. The Labute approximate surface area is 154 Å². The van der Waals surface area contributed by atoms with E-state index in [0.717, 1.165) is 42.7 Å². The molecular formula is C21H25ClN2O. The van der Waals surface area contributed by atoms with Crippen molar-refractivity contribution in [3.63, 3.8) is 0 Å². The van der Waals surface area contributed by atoms with E-state index in [-0.39, 0.29) is 17.9 Å². The summed E-state index contributed by atoms with van der Waals surface area (Å²) in [6.07, 6.45) is 4.97. The van der Waals surface area contributed by atoms with Crippen LogP contribution in [0.1, 0.15) is 47.4 Å². The SMILES string of the molecule is NC(=O)CCCc1ccc2c(c1)C(Cc1ccccc1Cl)C(N)CC2. The Morgan fingerprint density at radius 3 is 2.76 bits per heavy atom. The van der Waals surface area contributed by atoms with E-state index in [1.807, 2.05) is 18.2 Å². The first-order valence-electron chi connectivity index (χ1n) is 8.93. The van der Waals surface area contributed by atoms with Gasteiger partial charge in [0.25, 0.3) is 0 Å². The number of fused-ring (bicyclic) bond motifs is 1. The van der Waals surface area contributed by atoms with Gasteiger partial charge in [0.15, 0.2) is 0 Å². The molecule has 1 aliphatic carbocycles. The lowest BCUT2D eigenvalue weighted by atomic mass is 9.76. The maximum Gasteiger partial charge on any atom is 0.217 e. The van der Waals surface area contributed by atoms with Crippen molar-refractivity contribution < 1.29 is 4.79 Å². The fraction of sp³-hybridized carbons (Fsp3) is 0.381. The average molecular weight is 357 g/mol. The van der Waals surface area contributed by atoms with E-state index in [4.69, 9.17) is 23.1 Å². The highest BCUT2D eigenvalue weighted by Gasteiger charge is 2.27. The van der Waals surface area contributed by atoms with Crippen LogP contribution < -0.4 is 11.5 Å². The number of carbonyl (C=O) groups is 1. The summed E-state index contributed by atoms with van der Waals surface area (Å²) in [7, 11) is 0. The van der Waals surface area contributed by atoms with Crippen LogP contribution in [0.2, 0.25) is 5.02 Å². The van der Waals surface area contributed by atoms with Gasteiger partial charge < -0.3 is 11.5 Å². The van der Waals surface area contributed by atoms with Crippen molar-refractivity contribution in [2.24, 2.45) is 11.5 Å². The van der Waals surface area contributed by atoms with Gasteiger partial charge in [-0.1, -0.05) is 48.0 Å². The third-order valence-corrected chi connectivity index (χ3v) is 5.53. The first kappa shape index (κ1) is 18.0. The predicted molar refractivity (Wildman–Crippen MR) is 103 cm³/mol. The molecule has 0 saturated carbocycles. The fourth-order valence-electron chi connectivity index (χ4n) is 3.76. The number of benzene rings is 2. The lowest BCUT2D eigenvalue weighted by Gasteiger charge is -2.32. The van der Waals surface area contributed by atoms with Crippen LogP contribution in [0.15, 0.2) is 42.5 Å². The zero-order valence-corrected chi connectivity index (χ0v) is 15.1. The Bertz CT molecular complexity index is 759. The highest BCUT2D eigenvalue weighted by molar-refractivity contribution is 6.31. The molecule has 0 aromatic heterocycles. The number of hydrogen-bond acceptors (Lipinski definition) is 2. The largest absolute Gasteiger partial charge is 0.370 e. The summed E-state index contributed by atoms with van der Waals surface area (Å²) >= 11 is 6.36. The molecule has 4 heteroatoms. The molecular weight excluding hydrogens is 332 g/mol. The average Bonchev–Trinajstić information content (AvgIpc) is 2.59. The standard InChI is InChI=1S/C21H25ClN2O/c22-19-6-2-1-5-16(19)13-18-17-12-14(4-3-7-21(24)25)8-9-15(17)10-11-20(18)23/h1-2,5-6,8-9,12,18,20H,3-4,7,10-11,13,23H2,(H2,24,25). The van der Waals surface area contributed by atoms with Crippen molar-refractivity contribution in [2.75, 3.05) is 0 Å². The number of aryl methyl sites for hydroxylation is 2. The first-order chi connectivity index (χ1) is 12.0. The van der Waals surface area contributed by atoms with Crippen molar-refractivity contribution in [1.29, 1.82) is 0 Å². The molecule has 132 valence electrons. The Hall–Kier alpha value is -1.84. The van der Waals surface area contributed by atoms with E-state index < -0.39 is 0 Å². The molecule has 2 atom stereocenters. The van der Waals surface area contributed by atoms with Crippen molar-refractivity contribution in [3.8, 4) is 0 Å². The Kier molecular flexibility index (Phi) is 5.77. The van der Waals surface area contributed by atoms with Gasteiger partial charge in [-0.25, -0.2) is 0 Å². The van der Waals surface area contributed by atoms with Crippen LogP contribution in [0.25, 0.3) is 0 Å². The lowest BCUT2D eigenvalue weighted by molar-refractivity contribution is -0.118. The summed E-state index contributed by atoms with van der Waals surface area (Å²) in [6, 6.07) is 14.8. The second-order valence-electron chi connectivity index (χ2n) is 6.96. The lowest BCUT2D eigenvalue weighted by Crippen LogP contribution is -2.34. The summed E-state index contributed by atoms with van der Waals surface area (Å²) in [5.41, 5.74) is 16.8. The maximum absolute atomic E-state index is 10.9. The van der Waals surface area contributed by atoms with E-state index >= 15 is 0 Å². The van der Waals surface area contributed by atoms with Crippen molar-refractivity contribution in [2.45, 2.75) is 50.5 Å². The van der Waals surface area contributed by atoms with Gasteiger partial charge in [0.05, 0.1) is 0 Å². The third-order valence-electron chi connectivity index (χ3n) is 5.16. The third kappa shape index (κ3) is 4.42. The molecule has 0 saturated heterocycles. The summed E-state index contributed by atoms with van der Waals surface area (Å²) in [4.78, 5) is 10.9. The Balaban J connectivity index is 1.83. The number of carbonyl (C=O) groups excluding carboxylic acids is 1. The van der Waals surface area contributed by atoms with Gasteiger partial charge in [0.2, 0.25) is 5.91 Å². The second-order valence-corrected chi connectivity index (χ2v) is 7.36. The van der Waals surface area contributed by atoms with Gasteiger partial charge >= 0.3 is 0 Å².